The Hall–Kier alpha value is -2.21. The normalized spacial score (nSPS) is 22.3. The Bertz CT molecular complexity index is 861. The summed E-state index contributed by atoms with van der Waals surface area (Å²) < 4.78 is 0. The zero-order chi connectivity index (χ0) is 19.0. The maximum Gasteiger partial charge on any atom is 0.283 e. The van der Waals surface area contributed by atoms with Crippen LogP contribution in [0.4, 0.5) is 0 Å². The van der Waals surface area contributed by atoms with Gasteiger partial charge in [-0.25, -0.2) is 0 Å². The summed E-state index contributed by atoms with van der Waals surface area (Å²) in [4.78, 5) is 16.7. The maximum atomic E-state index is 12.5. The highest BCUT2D eigenvalue weighted by Gasteiger charge is 2.37. The van der Waals surface area contributed by atoms with Gasteiger partial charge in [0.25, 0.3) is 5.91 Å². The molecule has 0 atom stereocenters. The average molecular weight is 381 g/mol. The summed E-state index contributed by atoms with van der Waals surface area (Å²) in [6.45, 7) is 4.30. The number of amidine groups is 2. The molecule has 140 valence electrons. The maximum absolute atomic E-state index is 12.5. The van der Waals surface area contributed by atoms with Crippen LogP contribution in [0.3, 0.4) is 0 Å². The summed E-state index contributed by atoms with van der Waals surface area (Å²) in [5.74, 6) is 0.668. The number of hydrogen-bond donors (Lipinski definition) is 1. The van der Waals surface area contributed by atoms with Crippen LogP contribution in [0, 0.1) is 11.3 Å². The van der Waals surface area contributed by atoms with Crippen LogP contribution in [0.5, 0.6) is 0 Å². The van der Waals surface area contributed by atoms with E-state index >= 15 is 0 Å². The number of rotatable bonds is 3. The molecule has 27 heavy (non-hydrogen) atoms. The van der Waals surface area contributed by atoms with Crippen LogP contribution in [0.2, 0.25) is 0 Å². The molecular formula is C21H24N4OS. The van der Waals surface area contributed by atoms with E-state index in [0.717, 1.165) is 23.4 Å². The monoisotopic (exact) mass is 380 g/mol. The van der Waals surface area contributed by atoms with Gasteiger partial charge in [-0.3, -0.25) is 10.2 Å². The quantitative estimate of drug-likeness (QED) is 0.750. The standard InChI is InChI=1S/C21H24N4OS/c1-13(2)15-10-8-14(9-11-15)12-17-18(22)25-21(23-19(17)26)27-20(24-25)16-6-4-3-5-7-16/h8-13,16,22H,3-7H2,1-2H3/b17-12+,22-18?. The Morgan fingerprint density at radius 1 is 1.19 bits per heavy atom. The van der Waals surface area contributed by atoms with Gasteiger partial charge in [-0.1, -0.05) is 57.4 Å². The van der Waals surface area contributed by atoms with Gasteiger partial charge in [-0.2, -0.15) is 15.1 Å². The molecule has 5 nitrogen and oxygen atoms in total. The van der Waals surface area contributed by atoms with Crippen LogP contribution in [0.15, 0.2) is 39.9 Å². The Balaban J connectivity index is 1.59. The lowest BCUT2D eigenvalue weighted by Crippen LogP contribution is -2.35. The second kappa shape index (κ2) is 7.43. The van der Waals surface area contributed by atoms with Crippen molar-refractivity contribution in [3.63, 3.8) is 0 Å². The van der Waals surface area contributed by atoms with Crippen LogP contribution in [-0.4, -0.2) is 27.0 Å². The molecule has 0 spiro atoms. The smallest absolute Gasteiger partial charge is 0.282 e. The topological polar surface area (TPSA) is 68.9 Å². The van der Waals surface area contributed by atoms with E-state index < -0.39 is 0 Å². The summed E-state index contributed by atoms with van der Waals surface area (Å²) in [6, 6.07) is 8.09. The average Bonchev–Trinajstić information content (AvgIpc) is 3.10. The number of amides is 1. The number of carbonyl (C=O) groups excluding carboxylic acids is 1. The molecule has 0 unspecified atom stereocenters. The van der Waals surface area contributed by atoms with Crippen molar-refractivity contribution >= 4 is 39.8 Å². The highest BCUT2D eigenvalue weighted by atomic mass is 32.2. The molecule has 1 amide bonds. The number of hydrazone groups is 1. The van der Waals surface area contributed by atoms with E-state index in [1.165, 1.54) is 41.6 Å². The third-order valence-electron chi connectivity index (χ3n) is 5.34. The van der Waals surface area contributed by atoms with E-state index in [1.807, 2.05) is 12.1 Å². The van der Waals surface area contributed by atoms with Gasteiger partial charge >= 0.3 is 0 Å². The summed E-state index contributed by atoms with van der Waals surface area (Å²) in [5.41, 5.74) is 2.44. The van der Waals surface area contributed by atoms with Crippen LogP contribution in [-0.2, 0) is 4.79 Å². The predicted octanol–water partition coefficient (Wildman–Crippen LogP) is 5.01. The van der Waals surface area contributed by atoms with Gasteiger partial charge in [0.15, 0.2) is 5.84 Å². The molecule has 4 rings (SSSR count). The molecule has 0 saturated heterocycles. The van der Waals surface area contributed by atoms with E-state index in [4.69, 9.17) is 5.41 Å². The summed E-state index contributed by atoms with van der Waals surface area (Å²) in [6.07, 6.45) is 7.76. The molecule has 0 bridgehead atoms. The summed E-state index contributed by atoms with van der Waals surface area (Å²) in [5, 5.41) is 16.2. The third kappa shape index (κ3) is 3.63. The van der Waals surface area contributed by atoms with Gasteiger partial charge in [0, 0.05) is 5.92 Å². The lowest BCUT2D eigenvalue weighted by molar-refractivity contribution is -0.114. The number of aliphatic imine (C=N–C) groups is 1. The van der Waals surface area contributed by atoms with Gasteiger partial charge in [-0.15, -0.1) is 0 Å². The predicted molar refractivity (Wildman–Crippen MR) is 112 cm³/mol. The Morgan fingerprint density at radius 3 is 2.56 bits per heavy atom. The van der Waals surface area contributed by atoms with E-state index in [2.05, 4.69) is 36.1 Å². The molecule has 2 heterocycles. The number of fused-ring (bicyclic) bond motifs is 1. The Labute approximate surface area is 164 Å². The summed E-state index contributed by atoms with van der Waals surface area (Å²) >= 11 is 1.46. The third-order valence-corrected chi connectivity index (χ3v) is 6.41. The van der Waals surface area contributed by atoms with Gasteiger partial charge in [0.1, 0.15) is 5.04 Å². The Kier molecular flexibility index (Phi) is 5.00. The molecule has 0 radical (unpaired) electrons. The first kappa shape index (κ1) is 18.2. The minimum atomic E-state index is -0.355. The van der Waals surface area contributed by atoms with Gasteiger partial charge in [0.05, 0.1) is 5.57 Å². The molecule has 1 N–H and O–H groups in total. The van der Waals surface area contributed by atoms with Gasteiger partial charge in [0.2, 0.25) is 5.17 Å². The number of thioether (sulfide) groups is 1. The number of carbonyl (C=O) groups is 1. The second-order valence-corrected chi connectivity index (χ2v) is 8.60. The minimum Gasteiger partial charge on any atom is -0.282 e. The van der Waals surface area contributed by atoms with Crippen LogP contribution >= 0.6 is 11.8 Å². The SMILES string of the molecule is CC(C)c1ccc(/C=C2\C(=N)N3N=C(C4CCCCC4)SC3=NC2=O)cc1. The van der Waals surface area contributed by atoms with Crippen molar-refractivity contribution in [1.82, 2.24) is 5.01 Å². The molecule has 1 aromatic carbocycles. The van der Waals surface area contributed by atoms with Crippen LogP contribution in [0.1, 0.15) is 63.0 Å². The second-order valence-electron chi connectivity index (χ2n) is 7.61. The van der Waals surface area contributed by atoms with Gasteiger partial charge < -0.3 is 0 Å². The number of nitrogens with one attached hydrogen (secondary N) is 1. The molecule has 1 aromatic rings. The number of hydrogen-bond acceptors (Lipinski definition) is 4. The zero-order valence-corrected chi connectivity index (χ0v) is 16.6. The van der Waals surface area contributed by atoms with Gasteiger partial charge in [-0.05, 0) is 47.7 Å². The van der Waals surface area contributed by atoms with Crippen molar-refractivity contribution in [3.05, 3.63) is 41.0 Å². The number of benzene rings is 1. The van der Waals surface area contributed by atoms with Crippen molar-refractivity contribution in [1.29, 1.82) is 5.41 Å². The molecule has 3 aliphatic rings. The largest absolute Gasteiger partial charge is 0.283 e. The molecule has 2 aliphatic heterocycles. The van der Waals surface area contributed by atoms with Crippen molar-refractivity contribution in [3.8, 4) is 0 Å². The molecule has 1 fully saturated rings. The van der Waals surface area contributed by atoms with E-state index in [1.54, 1.807) is 6.08 Å². The van der Waals surface area contributed by atoms with Crippen LogP contribution in [0.25, 0.3) is 6.08 Å². The van der Waals surface area contributed by atoms with Crippen LogP contribution < -0.4 is 0 Å². The fraction of sp³-hybridized carbons (Fsp3) is 0.429. The molecule has 1 saturated carbocycles. The van der Waals surface area contributed by atoms with Crippen molar-refractivity contribution in [2.24, 2.45) is 16.0 Å². The fourth-order valence-electron chi connectivity index (χ4n) is 3.67. The van der Waals surface area contributed by atoms with E-state index in [-0.39, 0.29) is 11.7 Å². The Morgan fingerprint density at radius 2 is 1.89 bits per heavy atom. The lowest BCUT2D eigenvalue weighted by atomic mass is 9.90. The first-order chi connectivity index (χ1) is 13.0. The minimum absolute atomic E-state index is 0.122. The van der Waals surface area contributed by atoms with Crippen molar-refractivity contribution in [2.75, 3.05) is 0 Å². The first-order valence-electron chi connectivity index (χ1n) is 9.63. The molecule has 0 aromatic heterocycles. The molecule has 1 aliphatic carbocycles. The lowest BCUT2D eigenvalue weighted by Gasteiger charge is -2.20. The fourth-order valence-corrected chi connectivity index (χ4v) is 4.72. The van der Waals surface area contributed by atoms with E-state index in [0.29, 0.717) is 22.6 Å². The summed E-state index contributed by atoms with van der Waals surface area (Å²) in [7, 11) is 0. The van der Waals surface area contributed by atoms with E-state index in [9.17, 15) is 4.79 Å². The molecule has 6 heteroatoms. The first-order valence-corrected chi connectivity index (χ1v) is 10.4. The highest BCUT2D eigenvalue weighted by molar-refractivity contribution is 8.27. The zero-order valence-electron chi connectivity index (χ0n) is 15.7. The molecular weight excluding hydrogens is 356 g/mol. The van der Waals surface area contributed by atoms with Crippen molar-refractivity contribution < 1.29 is 4.79 Å². The highest BCUT2D eigenvalue weighted by Crippen LogP contribution is 2.36. The number of nitrogens with zero attached hydrogens (tertiary/aromatic N) is 3. The van der Waals surface area contributed by atoms with Crippen molar-refractivity contribution in [2.45, 2.75) is 51.9 Å².